The number of hydrogen-bond donors (Lipinski definition) is 2. The van der Waals surface area contributed by atoms with E-state index in [1.165, 1.54) is 17.5 Å². The number of hydrogen-bond acceptors (Lipinski definition) is 5. The van der Waals surface area contributed by atoms with Gasteiger partial charge in [0.2, 0.25) is 0 Å². The molecular weight excluding hydrogens is 436 g/mol. The zero-order chi connectivity index (χ0) is 23.1. The minimum atomic E-state index is -0.509. The number of ether oxygens (including phenoxy) is 1. The highest BCUT2D eigenvalue weighted by molar-refractivity contribution is 7.18. The number of pyridine rings is 1. The van der Waals surface area contributed by atoms with Gasteiger partial charge in [0.05, 0.1) is 23.1 Å². The minimum Gasteiger partial charge on any atom is -0.495 e. The Bertz CT molecular complexity index is 1550. The van der Waals surface area contributed by atoms with Crippen molar-refractivity contribution in [3.8, 4) is 16.9 Å². The molecule has 2 amide bonds. The van der Waals surface area contributed by atoms with Crippen LogP contribution in [0.2, 0.25) is 0 Å². The maximum atomic E-state index is 13.0. The number of carbonyl (C=O) groups excluding carboxylic acids is 2. The molecule has 3 heterocycles. The quantitative estimate of drug-likeness (QED) is 0.396. The number of anilines is 1. The average Bonchev–Trinajstić information content (AvgIpc) is 3.41. The van der Waals surface area contributed by atoms with Gasteiger partial charge in [-0.05, 0) is 35.2 Å². The van der Waals surface area contributed by atoms with E-state index in [1.54, 1.807) is 13.3 Å². The summed E-state index contributed by atoms with van der Waals surface area (Å²) in [6.07, 6.45) is 3.20. The topological polar surface area (TPSA) is 99.2 Å². The third-order valence-corrected chi connectivity index (χ3v) is 6.72. The molecule has 5 rings (SSSR count). The number of carbonyl (C=O) groups is 2. The molecule has 0 aliphatic rings. The van der Waals surface area contributed by atoms with Gasteiger partial charge in [0.1, 0.15) is 11.4 Å². The summed E-state index contributed by atoms with van der Waals surface area (Å²) < 4.78 is 8.23. The number of nitrogens with two attached hydrogens (primary N) is 1. The number of fused-ring (bicyclic) bond motifs is 2. The lowest BCUT2D eigenvalue weighted by atomic mass is 10.0. The van der Waals surface area contributed by atoms with Crippen molar-refractivity contribution in [3.63, 3.8) is 0 Å². The predicted octanol–water partition coefficient (Wildman–Crippen LogP) is 4.81. The van der Waals surface area contributed by atoms with E-state index in [4.69, 9.17) is 10.5 Å². The summed E-state index contributed by atoms with van der Waals surface area (Å²) in [5.41, 5.74) is 9.78. The van der Waals surface area contributed by atoms with E-state index in [1.807, 2.05) is 65.5 Å². The smallest absolute Gasteiger partial charge is 0.272 e. The molecule has 5 aromatic rings. The molecule has 0 fully saturated rings. The maximum Gasteiger partial charge on any atom is 0.272 e. The summed E-state index contributed by atoms with van der Waals surface area (Å²) in [6, 6.07) is 15.3. The first-order valence-electron chi connectivity index (χ1n) is 10.2. The summed E-state index contributed by atoms with van der Waals surface area (Å²) in [7, 11) is 3.43. The van der Waals surface area contributed by atoms with Crippen LogP contribution < -0.4 is 15.8 Å². The summed E-state index contributed by atoms with van der Waals surface area (Å²) in [4.78, 5) is 28.9. The Morgan fingerprint density at radius 2 is 1.94 bits per heavy atom. The molecular formula is C25H20N4O3S. The lowest BCUT2D eigenvalue weighted by Gasteiger charge is -2.12. The first-order chi connectivity index (χ1) is 16.0. The van der Waals surface area contributed by atoms with E-state index < -0.39 is 5.91 Å². The Morgan fingerprint density at radius 3 is 2.70 bits per heavy atom. The van der Waals surface area contributed by atoms with Gasteiger partial charge >= 0.3 is 0 Å². The molecule has 0 unspecified atom stereocenters. The monoisotopic (exact) mass is 456 g/mol. The van der Waals surface area contributed by atoms with Crippen LogP contribution in [-0.2, 0) is 7.05 Å². The van der Waals surface area contributed by atoms with Crippen LogP contribution in [0.3, 0.4) is 0 Å². The first-order valence-corrected chi connectivity index (χ1v) is 11.0. The van der Waals surface area contributed by atoms with Crippen molar-refractivity contribution in [1.29, 1.82) is 0 Å². The van der Waals surface area contributed by atoms with Crippen molar-refractivity contribution < 1.29 is 14.3 Å². The molecule has 33 heavy (non-hydrogen) atoms. The molecule has 0 bridgehead atoms. The van der Waals surface area contributed by atoms with Crippen molar-refractivity contribution in [2.24, 2.45) is 12.8 Å². The van der Waals surface area contributed by atoms with Crippen molar-refractivity contribution in [1.82, 2.24) is 9.55 Å². The highest BCUT2D eigenvalue weighted by Crippen LogP contribution is 2.38. The lowest BCUT2D eigenvalue weighted by Crippen LogP contribution is -2.16. The van der Waals surface area contributed by atoms with Gasteiger partial charge in [-0.1, -0.05) is 24.3 Å². The van der Waals surface area contributed by atoms with Crippen LogP contribution in [-0.4, -0.2) is 28.5 Å². The fraction of sp³-hybridized carbons (Fsp3) is 0.0800. The van der Waals surface area contributed by atoms with Gasteiger partial charge in [-0.15, -0.1) is 11.3 Å². The van der Waals surface area contributed by atoms with Gasteiger partial charge in [0.15, 0.2) is 0 Å². The third kappa shape index (κ3) is 3.50. The van der Waals surface area contributed by atoms with Gasteiger partial charge in [-0.2, -0.15) is 0 Å². The van der Waals surface area contributed by atoms with Crippen LogP contribution in [0.4, 0.5) is 5.69 Å². The molecule has 0 saturated heterocycles. The molecule has 3 N–H and O–H groups in total. The Labute approximate surface area is 193 Å². The molecule has 8 heteroatoms. The number of primary amides is 1. The Kier molecular flexibility index (Phi) is 5.07. The van der Waals surface area contributed by atoms with Crippen molar-refractivity contribution in [2.75, 3.05) is 12.4 Å². The molecule has 164 valence electrons. The van der Waals surface area contributed by atoms with Gasteiger partial charge < -0.3 is 20.4 Å². The average molecular weight is 457 g/mol. The van der Waals surface area contributed by atoms with E-state index in [9.17, 15) is 9.59 Å². The fourth-order valence-electron chi connectivity index (χ4n) is 4.00. The van der Waals surface area contributed by atoms with E-state index >= 15 is 0 Å². The van der Waals surface area contributed by atoms with Gasteiger partial charge in [-0.25, -0.2) is 0 Å². The number of methoxy groups -OCH3 is 1. The van der Waals surface area contributed by atoms with Crippen molar-refractivity contribution in [3.05, 3.63) is 77.6 Å². The van der Waals surface area contributed by atoms with Crippen LogP contribution in [0, 0.1) is 0 Å². The summed E-state index contributed by atoms with van der Waals surface area (Å²) >= 11 is 1.44. The van der Waals surface area contributed by atoms with Gasteiger partial charge in [0, 0.05) is 41.3 Å². The molecule has 0 radical (unpaired) electrons. The summed E-state index contributed by atoms with van der Waals surface area (Å²) in [6.45, 7) is 0. The number of aryl methyl sites for hydroxylation is 1. The molecule has 0 atom stereocenters. The molecule has 3 aromatic heterocycles. The standard InChI is InChI=1S/C25H20N4O3S/c1-29-20-6-4-3-5-15(20)9-21(29)25(31)28-19-8-7-14(10-22(19)32-2)18-13-33-23-16(18)11-27-12-17(23)24(26)30/h3-13H,1-2H3,(H2,26,30)(H,28,31). The Morgan fingerprint density at radius 1 is 1.12 bits per heavy atom. The number of amides is 2. The number of benzene rings is 2. The highest BCUT2D eigenvalue weighted by Gasteiger charge is 2.18. The second-order valence-corrected chi connectivity index (χ2v) is 8.47. The molecule has 0 saturated carbocycles. The molecule has 0 aliphatic carbocycles. The third-order valence-electron chi connectivity index (χ3n) is 5.69. The maximum absolute atomic E-state index is 13.0. The highest BCUT2D eigenvalue weighted by atomic mass is 32.1. The van der Waals surface area contributed by atoms with Crippen LogP contribution in [0.15, 0.2) is 66.3 Å². The number of thiophene rings is 1. The van der Waals surface area contributed by atoms with Crippen LogP contribution >= 0.6 is 11.3 Å². The fourth-order valence-corrected chi connectivity index (χ4v) is 5.07. The van der Waals surface area contributed by atoms with Gasteiger partial charge in [-0.3, -0.25) is 14.6 Å². The number of nitrogens with zero attached hydrogens (tertiary/aromatic N) is 2. The van der Waals surface area contributed by atoms with Gasteiger partial charge in [0.25, 0.3) is 11.8 Å². The second kappa shape index (κ2) is 8.07. The number of rotatable bonds is 5. The summed E-state index contributed by atoms with van der Waals surface area (Å²) in [5, 5.41) is 6.76. The van der Waals surface area contributed by atoms with E-state index in [2.05, 4.69) is 10.3 Å². The normalized spacial score (nSPS) is 11.1. The number of nitrogens with one attached hydrogen (secondary N) is 1. The minimum absolute atomic E-state index is 0.226. The zero-order valence-electron chi connectivity index (χ0n) is 18.0. The molecule has 2 aromatic carbocycles. The Hall–Kier alpha value is -4.17. The second-order valence-electron chi connectivity index (χ2n) is 7.59. The number of aromatic nitrogens is 2. The summed E-state index contributed by atoms with van der Waals surface area (Å²) in [5.74, 6) is -0.209. The van der Waals surface area contributed by atoms with Crippen LogP contribution in [0.5, 0.6) is 5.75 Å². The van der Waals surface area contributed by atoms with E-state index in [0.717, 1.165) is 32.1 Å². The molecule has 7 nitrogen and oxygen atoms in total. The van der Waals surface area contributed by atoms with Crippen LogP contribution in [0.1, 0.15) is 20.8 Å². The predicted molar refractivity (Wildman–Crippen MR) is 131 cm³/mol. The Balaban J connectivity index is 1.50. The SMILES string of the molecule is COc1cc(-c2csc3c(C(N)=O)cncc23)ccc1NC(=O)c1cc2ccccc2n1C. The van der Waals surface area contributed by atoms with E-state index in [-0.39, 0.29) is 5.91 Å². The zero-order valence-corrected chi connectivity index (χ0v) is 18.8. The van der Waals surface area contributed by atoms with Crippen molar-refractivity contribution >= 4 is 49.8 Å². The van der Waals surface area contributed by atoms with E-state index in [0.29, 0.717) is 22.7 Å². The molecule has 0 spiro atoms. The molecule has 0 aliphatic heterocycles. The van der Waals surface area contributed by atoms with Crippen LogP contribution in [0.25, 0.3) is 32.1 Å². The largest absolute Gasteiger partial charge is 0.495 e. The lowest BCUT2D eigenvalue weighted by molar-refractivity contribution is 0.0997. The number of para-hydroxylation sites is 1. The first kappa shape index (κ1) is 20.7. The van der Waals surface area contributed by atoms with Crippen molar-refractivity contribution in [2.45, 2.75) is 0 Å².